The van der Waals surface area contributed by atoms with Gasteiger partial charge >= 0.3 is 0 Å². The Labute approximate surface area is 194 Å². The van der Waals surface area contributed by atoms with E-state index < -0.39 is 6.10 Å². The maximum absolute atomic E-state index is 10.9. The van der Waals surface area contributed by atoms with Gasteiger partial charge in [-0.2, -0.15) is 0 Å². The van der Waals surface area contributed by atoms with Crippen molar-refractivity contribution in [1.82, 2.24) is 4.57 Å². The summed E-state index contributed by atoms with van der Waals surface area (Å²) >= 11 is 6.34. The highest BCUT2D eigenvalue weighted by Gasteiger charge is 2.27. The van der Waals surface area contributed by atoms with Gasteiger partial charge in [0.1, 0.15) is 13.1 Å². The number of nitrogens with one attached hydrogen (secondary N) is 1. The van der Waals surface area contributed by atoms with Gasteiger partial charge in [0.25, 0.3) is 0 Å². The molecule has 1 heterocycles. The molecule has 0 saturated heterocycles. The fourth-order valence-electron chi connectivity index (χ4n) is 5.19. The Bertz CT molecular complexity index is 1150. The van der Waals surface area contributed by atoms with Crippen LogP contribution in [-0.4, -0.2) is 16.2 Å². The third-order valence-electron chi connectivity index (χ3n) is 6.68. The Morgan fingerprint density at radius 1 is 0.906 bits per heavy atom. The molecule has 0 bridgehead atoms. The number of halogens is 1. The van der Waals surface area contributed by atoms with Crippen LogP contribution in [0.15, 0.2) is 78.9 Å². The smallest absolute Gasteiger partial charge is 0.103 e. The lowest BCUT2D eigenvalue weighted by Gasteiger charge is -2.24. The highest BCUT2D eigenvalue weighted by Crippen LogP contribution is 2.38. The van der Waals surface area contributed by atoms with Crippen molar-refractivity contribution in [3.05, 3.63) is 106 Å². The van der Waals surface area contributed by atoms with Crippen LogP contribution in [0.4, 0.5) is 0 Å². The summed E-state index contributed by atoms with van der Waals surface area (Å²) in [4.78, 5) is 1.51. The molecule has 0 aliphatic heterocycles. The molecule has 1 atom stereocenters. The summed E-state index contributed by atoms with van der Waals surface area (Å²) in [5.41, 5.74) is 6.29. The Morgan fingerprint density at radius 2 is 1.56 bits per heavy atom. The largest absolute Gasteiger partial charge is 0.387 e. The maximum Gasteiger partial charge on any atom is 0.103 e. The molecule has 0 amide bonds. The van der Waals surface area contributed by atoms with E-state index in [4.69, 9.17) is 11.6 Å². The molecule has 4 heteroatoms. The van der Waals surface area contributed by atoms with Gasteiger partial charge in [-0.15, -0.1) is 0 Å². The van der Waals surface area contributed by atoms with Crippen LogP contribution in [0.5, 0.6) is 0 Å². The number of aliphatic hydroxyl groups excluding tert-OH is 1. The van der Waals surface area contributed by atoms with E-state index in [1.165, 1.54) is 32.5 Å². The lowest BCUT2D eigenvalue weighted by molar-refractivity contribution is -0.928. The summed E-state index contributed by atoms with van der Waals surface area (Å²) < 4.78 is 2.36. The summed E-state index contributed by atoms with van der Waals surface area (Å²) in [6.07, 6.45) is 2.48. The first-order valence-electron chi connectivity index (χ1n) is 11.6. The van der Waals surface area contributed by atoms with Crippen molar-refractivity contribution in [3.8, 4) is 0 Å². The Kier molecular flexibility index (Phi) is 6.31. The second kappa shape index (κ2) is 9.50. The highest BCUT2D eigenvalue weighted by molar-refractivity contribution is 6.31. The van der Waals surface area contributed by atoms with E-state index in [0.29, 0.717) is 0 Å². The monoisotopic (exact) mass is 445 g/mol. The molecule has 3 nitrogen and oxygen atoms in total. The fraction of sp³-hybridized carbons (Fsp3) is 0.286. The lowest BCUT2D eigenvalue weighted by Crippen LogP contribution is -3.09. The van der Waals surface area contributed by atoms with Crippen LogP contribution in [0.25, 0.3) is 10.9 Å². The average Bonchev–Trinajstić information content (AvgIpc) is 3.13. The summed E-state index contributed by atoms with van der Waals surface area (Å²) in [5, 5.41) is 12.9. The molecule has 0 unspecified atom stereocenters. The minimum atomic E-state index is -0.392. The Hall–Kier alpha value is -2.59. The van der Waals surface area contributed by atoms with E-state index in [-0.39, 0.29) is 0 Å². The number of aliphatic hydroxyl groups is 1. The molecule has 32 heavy (non-hydrogen) atoms. The van der Waals surface area contributed by atoms with Crippen molar-refractivity contribution in [2.75, 3.05) is 6.54 Å². The first kappa shape index (κ1) is 21.3. The number of hydrogen-bond acceptors (Lipinski definition) is 1. The zero-order valence-electron chi connectivity index (χ0n) is 18.3. The molecule has 1 aliphatic carbocycles. The first-order valence-corrected chi connectivity index (χ1v) is 12.0. The van der Waals surface area contributed by atoms with E-state index in [1.807, 2.05) is 6.07 Å². The number of hydrogen-bond donors (Lipinski definition) is 2. The van der Waals surface area contributed by atoms with E-state index in [2.05, 4.69) is 77.4 Å². The molecular formula is C28H30ClN2O+. The van der Waals surface area contributed by atoms with E-state index >= 15 is 0 Å². The standard InChI is InChI=1S/C28H29ClN2O/c29-23-14-15-26-25(18-23)24-12-7-13-27(32)28(24)31(26)17-16-30(19-21-8-3-1-4-9-21)20-22-10-5-2-6-11-22/h1-6,8-11,14-15,18,27,32H,7,12-13,16-17,19-20H2/p+1/t27-/m1/s1. The number of nitrogens with zero attached hydrogens (tertiary/aromatic N) is 1. The van der Waals surface area contributed by atoms with Crippen molar-refractivity contribution >= 4 is 22.5 Å². The molecule has 4 aromatic rings. The quantitative estimate of drug-likeness (QED) is 0.414. The lowest BCUT2D eigenvalue weighted by atomic mass is 9.93. The number of fused-ring (bicyclic) bond motifs is 3. The number of aryl methyl sites for hydroxylation is 1. The van der Waals surface area contributed by atoms with Crippen molar-refractivity contribution in [3.63, 3.8) is 0 Å². The van der Waals surface area contributed by atoms with Crippen LogP contribution in [0.1, 0.15) is 41.3 Å². The van der Waals surface area contributed by atoms with Gasteiger partial charge in [0, 0.05) is 27.1 Å². The Balaban J connectivity index is 1.45. The van der Waals surface area contributed by atoms with Gasteiger partial charge in [0.2, 0.25) is 0 Å². The highest BCUT2D eigenvalue weighted by atomic mass is 35.5. The predicted molar refractivity (Wildman–Crippen MR) is 131 cm³/mol. The molecule has 164 valence electrons. The Morgan fingerprint density at radius 3 is 2.22 bits per heavy atom. The van der Waals surface area contributed by atoms with Crippen LogP contribution >= 0.6 is 11.6 Å². The second-order valence-corrected chi connectivity index (χ2v) is 9.35. The van der Waals surface area contributed by atoms with Crippen molar-refractivity contribution < 1.29 is 10.0 Å². The third-order valence-corrected chi connectivity index (χ3v) is 6.91. The number of aromatic nitrogens is 1. The van der Waals surface area contributed by atoms with E-state index in [9.17, 15) is 5.11 Å². The molecule has 2 N–H and O–H groups in total. The van der Waals surface area contributed by atoms with Gasteiger partial charge < -0.3 is 14.6 Å². The molecule has 0 radical (unpaired) electrons. The molecule has 0 fully saturated rings. The summed E-state index contributed by atoms with van der Waals surface area (Å²) in [6.45, 7) is 3.81. The molecule has 1 aliphatic rings. The maximum atomic E-state index is 10.9. The van der Waals surface area contributed by atoms with Gasteiger partial charge in [-0.1, -0.05) is 72.3 Å². The van der Waals surface area contributed by atoms with Crippen molar-refractivity contribution in [2.45, 2.75) is 45.0 Å². The van der Waals surface area contributed by atoms with Gasteiger partial charge in [-0.3, -0.25) is 0 Å². The molecule has 1 aromatic heterocycles. The van der Waals surface area contributed by atoms with Crippen LogP contribution in [-0.2, 0) is 26.1 Å². The van der Waals surface area contributed by atoms with Crippen LogP contribution in [0.2, 0.25) is 5.02 Å². The average molecular weight is 446 g/mol. The summed E-state index contributed by atoms with van der Waals surface area (Å²) in [6, 6.07) is 27.6. The van der Waals surface area contributed by atoms with Crippen LogP contribution < -0.4 is 4.90 Å². The number of benzene rings is 3. The topological polar surface area (TPSA) is 29.6 Å². The fourth-order valence-corrected chi connectivity index (χ4v) is 5.36. The van der Waals surface area contributed by atoms with Gasteiger partial charge in [0.15, 0.2) is 0 Å². The van der Waals surface area contributed by atoms with E-state index in [1.54, 1.807) is 0 Å². The van der Waals surface area contributed by atoms with Gasteiger partial charge in [0.05, 0.1) is 24.9 Å². The van der Waals surface area contributed by atoms with Crippen molar-refractivity contribution in [1.29, 1.82) is 0 Å². The number of quaternary nitrogens is 1. The normalized spacial score (nSPS) is 15.9. The summed E-state index contributed by atoms with van der Waals surface area (Å²) in [7, 11) is 0. The van der Waals surface area contributed by atoms with Gasteiger partial charge in [-0.25, -0.2) is 0 Å². The second-order valence-electron chi connectivity index (χ2n) is 8.91. The molecular weight excluding hydrogens is 416 g/mol. The zero-order valence-corrected chi connectivity index (χ0v) is 19.1. The van der Waals surface area contributed by atoms with Crippen LogP contribution in [0, 0.1) is 0 Å². The third kappa shape index (κ3) is 4.47. The SMILES string of the molecule is O[C@@H]1CCCc2c1n(CC[NH+](Cc1ccccc1)Cc1ccccc1)c1ccc(Cl)cc21. The van der Waals surface area contributed by atoms with Crippen LogP contribution in [0.3, 0.4) is 0 Å². The van der Waals surface area contributed by atoms with Crippen molar-refractivity contribution in [2.24, 2.45) is 0 Å². The minimum Gasteiger partial charge on any atom is -0.387 e. The molecule has 0 spiro atoms. The van der Waals surface area contributed by atoms with Gasteiger partial charge in [-0.05, 0) is 43.0 Å². The molecule has 0 saturated carbocycles. The molecule has 5 rings (SSSR count). The first-order chi connectivity index (χ1) is 15.7. The minimum absolute atomic E-state index is 0.392. The molecule has 3 aromatic carbocycles. The van der Waals surface area contributed by atoms with E-state index in [0.717, 1.165) is 56.2 Å². The number of rotatable bonds is 7. The predicted octanol–water partition coefficient (Wildman–Crippen LogP) is 4.95. The summed E-state index contributed by atoms with van der Waals surface area (Å²) in [5.74, 6) is 0. The zero-order chi connectivity index (χ0) is 21.9.